The number of hydrogen-bond acceptors (Lipinski definition) is 4. The monoisotopic (exact) mass is 368 g/mol. The maximum Gasteiger partial charge on any atom is 0.337 e. The number of anilines is 2. The zero-order valence-corrected chi connectivity index (χ0v) is 16.2. The van der Waals surface area contributed by atoms with Crippen LogP contribution in [0.3, 0.4) is 0 Å². The number of aryl methyl sites for hydroxylation is 2. The summed E-state index contributed by atoms with van der Waals surface area (Å²) < 4.78 is 4.67. The van der Waals surface area contributed by atoms with Crippen LogP contribution in [0, 0.1) is 19.3 Å². The predicted octanol–water partition coefficient (Wildman–Crippen LogP) is 3.69. The summed E-state index contributed by atoms with van der Waals surface area (Å²) in [6, 6.07) is 11.9. The molecule has 2 amide bonds. The summed E-state index contributed by atoms with van der Waals surface area (Å²) in [7, 11) is 1.29. The van der Waals surface area contributed by atoms with Gasteiger partial charge >= 0.3 is 5.97 Å². The average molecular weight is 368 g/mol. The topological polar surface area (TPSA) is 84.5 Å². The van der Waals surface area contributed by atoms with E-state index in [1.165, 1.54) is 13.2 Å². The van der Waals surface area contributed by atoms with Crippen molar-refractivity contribution in [3.8, 4) is 0 Å². The van der Waals surface area contributed by atoms with Gasteiger partial charge in [-0.15, -0.1) is 0 Å². The van der Waals surface area contributed by atoms with E-state index in [4.69, 9.17) is 0 Å². The van der Waals surface area contributed by atoms with Gasteiger partial charge in [-0.05, 0) is 69.2 Å². The molecule has 6 nitrogen and oxygen atoms in total. The predicted molar refractivity (Wildman–Crippen MR) is 105 cm³/mol. The second-order valence-electron chi connectivity index (χ2n) is 6.90. The molecule has 0 bridgehead atoms. The summed E-state index contributed by atoms with van der Waals surface area (Å²) in [6.07, 6.45) is 0. The molecule has 0 radical (unpaired) electrons. The van der Waals surface area contributed by atoms with E-state index in [1.807, 2.05) is 26.0 Å². The number of nitrogens with one attached hydrogen (secondary N) is 2. The third-order valence-electron chi connectivity index (χ3n) is 4.44. The molecule has 2 aromatic rings. The van der Waals surface area contributed by atoms with Gasteiger partial charge in [0.15, 0.2) is 0 Å². The van der Waals surface area contributed by atoms with Crippen LogP contribution in [0.2, 0.25) is 0 Å². The summed E-state index contributed by atoms with van der Waals surface area (Å²) in [5.41, 5.74) is 2.21. The molecule has 0 aliphatic rings. The van der Waals surface area contributed by atoms with Crippen molar-refractivity contribution in [1.82, 2.24) is 0 Å². The Hall–Kier alpha value is -3.15. The molecule has 0 spiro atoms. The van der Waals surface area contributed by atoms with Crippen LogP contribution in [-0.4, -0.2) is 24.9 Å². The third-order valence-corrected chi connectivity index (χ3v) is 4.44. The zero-order valence-electron chi connectivity index (χ0n) is 16.2. The first kappa shape index (κ1) is 20.2. The Morgan fingerprint density at radius 3 is 2.00 bits per heavy atom. The van der Waals surface area contributed by atoms with E-state index in [1.54, 1.807) is 38.1 Å². The molecule has 0 heterocycles. The van der Waals surface area contributed by atoms with E-state index < -0.39 is 23.2 Å². The largest absolute Gasteiger partial charge is 0.465 e. The first-order valence-electron chi connectivity index (χ1n) is 8.53. The molecule has 2 aromatic carbocycles. The minimum atomic E-state index is -1.32. The van der Waals surface area contributed by atoms with Crippen molar-refractivity contribution in [1.29, 1.82) is 0 Å². The van der Waals surface area contributed by atoms with Crippen LogP contribution >= 0.6 is 0 Å². The van der Waals surface area contributed by atoms with Crippen molar-refractivity contribution >= 4 is 29.2 Å². The third kappa shape index (κ3) is 4.73. The maximum atomic E-state index is 12.6. The van der Waals surface area contributed by atoms with E-state index in [-0.39, 0.29) is 0 Å². The molecule has 0 fully saturated rings. The molecular weight excluding hydrogens is 344 g/mol. The lowest BCUT2D eigenvalue weighted by atomic mass is 9.90. The number of amides is 2. The van der Waals surface area contributed by atoms with Gasteiger partial charge in [-0.25, -0.2) is 4.79 Å². The molecule has 6 heteroatoms. The molecular formula is C21H24N2O4. The highest BCUT2D eigenvalue weighted by molar-refractivity contribution is 6.14. The van der Waals surface area contributed by atoms with Crippen molar-refractivity contribution in [2.75, 3.05) is 17.7 Å². The molecule has 0 aliphatic carbocycles. The highest BCUT2D eigenvalue weighted by Crippen LogP contribution is 2.23. The second kappa shape index (κ2) is 8.03. The first-order chi connectivity index (χ1) is 12.6. The number of hydrogen-bond donors (Lipinski definition) is 2. The maximum absolute atomic E-state index is 12.6. The van der Waals surface area contributed by atoms with Gasteiger partial charge in [-0.3, -0.25) is 9.59 Å². The molecule has 142 valence electrons. The lowest BCUT2D eigenvalue weighted by Gasteiger charge is -2.23. The molecule has 0 saturated carbocycles. The SMILES string of the molecule is COC(=O)c1cccc(NC(=O)C(C)(C)C(=O)Nc2ccc(C)c(C)c2)c1. The molecule has 0 aromatic heterocycles. The number of carbonyl (C=O) groups excluding carboxylic acids is 3. The van der Waals surface area contributed by atoms with E-state index in [9.17, 15) is 14.4 Å². The van der Waals surface area contributed by atoms with Crippen LogP contribution in [0.25, 0.3) is 0 Å². The van der Waals surface area contributed by atoms with Gasteiger partial charge in [0.1, 0.15) is 5.41 Å². The fourth-order valence-electron chi connectivity index (χ4n) is 2.34. The first-order valence-corrected chi connectivity index (χ1v) is 8.53. The molecule has 0 atom stereocenters. The smallest absolute Gasteiger partial charge is 0.337 e. The van der Waals surface area contributed by atoms with E-state index in [0.29, 0.717) is 16.9 Å². The van der Waals surface area contributed by atoms with Gasteiger partial charge in [0.25, 0.3) is 0 Å². The summed E-state index contributed by atoms with van der Waals surface area (Å²) in [5.74, 6) is -1.41. The number of methoxy groups -OCH3 is 1. The highest BCUT2D eigenvalue weighted by atomic mass is 16.5. The summed E-state index contributed by atoms with van der Waals surface area (Å²) >= 11 is 0. The Balaban J connectivity index is 2.12. The lowest BCUT2D eigenvalue weighted by molar-refractivity contribution is -0.135. The fourth-order valence-corrected chi connectivity index (χ4v) is 2.34. The fraction of sp³-hybridized carbons (Fsp3) is 0.286. The molecule has 0 unspecified atom stereocenters. The number of rotatable bonds is 5. The molecule has 0 aliphatic heterocycles. The van der Waals surface area contributed by atoms with Crippen LogP contribution in [0.4, 0.5) is 11.4 Å². The Kier molecular flexibility index (Phi) is 6.00. The van der Waals surface area contributed by atoms with E-state index >= 15 is 0 Å². The van der Waals surface area contributed by atoms with E-state index in [2.05, 4.69) is 15.4 Å². The summed E-state index contributed by atoms with van der Waals surface area (Å²) in [4.78, 5) is 36.9. The quantitative estimate of drug-likeness (QED) is 0.623. The number of carbonyl (C=O) groups is 3. The minimum absolute atomic E-state index is 0.313. The van der Waals surface area contributed by atoms with Crippen LogP contribution in [0.5, 0.6) is 0 Å². The molecule has 27 heavy (non-hydrogen) atoms. The Labute approximate surface area is 158 Å². The van der Waals surface area contributed by atoms with Crippen molar-refractivity contribution in [3.63, 3.8) is 0 Å². The number of esters is 1. The minimum Gasteiger partial charge on any atom is -0.465 e. The standard InChI is InChI=1S/C21H24N2O4/c1-13-9-10-17(11-14(13)2)23-20(26)21(3,4)19(25)22-16-8-6-7-15(12-16)18(24)27-5/h6-12H,1-5H3,(H,22,25)(H,23,26). The van der Waals surface area contributed by atoms with Crippen molar-refractivity contribution in [3.05, 3.63) is 59.2 Å². The van der Waals surface area contributed by atoms with Gasteiger partial charge in [0.05, 0.1) is 12.7 Å². The molecule has 2 rings (SSSR count). The van der Waals surface area contributed by atoms with Crippen LogP contribution in [0.15, 0.2) is 42.5 Å². The Bertz CT molecular complexity index is 888. The highest BCUT2D eigenvalue weighted by Gasteiger charge is 2.36. The Morgan fingerprint density at radius 1 is 0.852 bits per heavy atom. The van der Waals surface area contributed by atoms with Gasteiger partial charge < -0.3 is 15.4 Å². The second-order valence-corrected chi connectivity index (χ2v) is 6.90. The van der Waals surface area contributed by atoms with Crippen molar-refractivity contribution in [2.24, 2.45) is 5.41 Å². The zero-order chi connectivity index (χ0) is 20.2. The summed E-state index contributed by atoms with van der Waals surface area (Å²) in [5, 5.41) is 5.46. The lowest BCUT2D eigenvalue weighted by Crippen LogP contribution is -2.41. The van der Waals surface area contributed by atoms with Crippen LogP contribution in [-0.2, 0) is 14.3 Å². The van der Waals surface area contributed by atoms with Crippen LogP contribution < -0.4 is 10.6 Å². The number of benzene rings is 2. The van der Waals surface area contributed by atoms with Gasteiger partial charge in [-0.1, -0.05) is 12.1 Å². The van der Waals surface area contributed by atoms with E-state index in [0.717, 1.165) is 11.1 Å². The van der Waals surface area contributed by atoms with Gasteiger partial charge in [-0.2, -0.15) is 0 Å². The average Bonchev–Trinajstić information content (AvgIpc) is 2.64. The normalized spacial score (nSPS) is 10.9. The van der Waals surface area contributed by atoms with Crippen molar-refractivity contribution < 1.29 is 19.1 Å². The van der Waals surface area contributed by atoms with Crippen molar-refractivity contribution in [2.45, 2.75) is 27.7 Å². The Morgan fingerprint density at radius 2 is 1.44 bits per heavy atom. The molecule has 0 saturated heterocycles. The molecule has 2 N–H and O–H groups in total. The van der Waals surface area contributed by atoms with Gasteiger partial charge in [0.2, 0.25) is 11.8 Å². The number of ether oxygens (including phenoxy) is 1. The van der Waals surface area contributed by atoms with Crippen LogP contribution in [0.1, 0.15) is 35.3 Å². The summed E-state index contributed by atoms with van der Waals surface area (Å²) in [6.45, 7) is 7.03. The van der Waals surface area contributed by atoms with Gasteiger partial charge in [0, 0.05) is 11.4 Å².